The molecule has 0 aromatic heterocycles. The smallest absolute Gasteiger partial charge is 0.272 e. The first-order valence-corrected chi connectivity index (χ1v) is 15.3. The molecule has 0 aliphatic carbocycles. The summed E-state index contributed by atoms with van der Waals surface area (Å²) in [6.07, 6.45) is 1.46. The maximum Gasteiger partial charge on any atom is 0.272 e. The van der Waals surface area contributed by atoms with Gasteiger partial charge < -0.3 is 20.7 Å². The molecule has 0 saturated carbocycles. The minimum absolute atomic E-state index is 0.0281. The first-order valence-electron chi connectivity index (χ1n) is 13.3. The largest absolute Gasteiger partial charge is 0.495 e. The van der Waals surface area contributed by atoms with Crippen LogP contribution in [0.4, 0.5) is 11.4 Å². The number of carbonyl (C=O) groups excluding carboxylic acids is 3. The van der Waals surface area contributed by atoms with Gasteiger partial charge in [0.15, 0.2) is 0 Å². The van der Waals surface area contributed by atoms with Gasteiger partial charge >= 0.3 is 0 Å². The van der Waals surface area contributed by atoms with Gasteiger partial charge in [-0.25, -0.2) is 0 Å². The standard InChI is InChI=1S/C33H28Cl3N3O4S/c1-19-16-27(29(43-3)18-26(19)35)38-31(40)20(2)44-24-14-12-23(13-15-24)37-33(42)28(17-22-10-7-11-25(34)30(22)36)39-32(41)21-8-5-4-6-9-21/h4-18,20H,1-3H3,(H,37,42)(H,38,40)(H,39,41)/b28-17-. The zero-order valence-electron chi connectivity index (χ0n) is 23.9. The summed E-state index contributed by atoms with van der Waals surface area (Å²) >= 11 is 20.0. The van der Waals surface area contributed by atoms with E-state index in [1.807, 2.05) is 6.92 Å². The molecule has 0 saturated heterocycles. The lowest BCUT2D eigenvalue weighted by Crippen LogP contribution is -2.30. The van der Waals surface area contributed by atoms with Crippen LogP contribution < -0.4 is 20.7 Å². The summed E-state index contributed by atoms with van der Waals surface area (Å²) in [6, 6.07) is 24.0. The van der Waals surface area contributed by atoms with Crippen LogP contribution in [0.5, 0.6) is 5.75 Å². The number of aryl methyl sites for hydroxylation is 1. The molecule has 0 fully saturated rings. The van der Waals surface area contributed by atoms with Gasteiger partial charge in [0.1, 0.15) is 11.4 Å². The van der Waals surface area contributed by atoms with E-state index >= 15 is 0 Å². The molecule has 0 radical (unpaired) electrons. The number of carbonyl (C=O) groups is 3. The van der Waals surface area contributed by atoms with Gasteiger partial charge in [-0.3, -0.25) is 14.4 Å². The molecular weight excluding hydrogens is 641 g/mol. The van der Waals surface area contributed by atoms with Gasteiger partial charge in [-0.1, -0.05) is 65.1 Å². The normalized spacial score (nSPS) is 11.8. The van der Waals surface area contributed by atoms with Crippen molar-refractivity contribution in [1.82, 2.24) is 5.32 Å². The summed E-state index contributed by atoms with van der Waals surface area (Å²) in [7, 11) is 1.51. The van der Waals surface area contributed by atoms with Gasteiger partial charge in [0, 0.05) is 27.2 Å². The van der Waals surface area contributed by atoms with Crippen molar-refractivity contribution in [3.63, 3.8) is 0 Å². The second-order valence-corrected chi connectivity index (χ2v) is 12.2. The monoisotopic (exact) mass is 667 g/mol. The van der Waals surface area contributed by atoms with Crippen molar-refractivity contribution < 1.29 is 19.1 Å². The summed E-state index contributed by atoms with van der Waals surface area (Å²) in [4.78, 5) is 40.0. The zero-order valence-corrected chi connectivity index (χ0v) is 27.0. The van der Waals surface area contributed by atoms with Crippen molar-refractivity contribution in [2.24, 2.45) is 0 Å². The number of hydrogen-bond donors (Lipinski definition) is 3. The first kappa shape index (κ1) is 33.0. The summed E-state index contributed by atoms with van der Waals surface area (Å²) in [6.45, 7) is 3.64. The molecular formula is C33H28Cl3N3O4S. The molecule has 11 heteroatoms. The highest BCUT2D eigenvalue weighted by Gasteiger charge is 2.19. The minimum Gasteiger partial charge on any atom is -0.495 e. The van der Waals surface area contributed by atoms with Crippen LogP contribution in [0.3, 0.4) is 0 Å². The maximum atomic E-state index is 13.4. The van der Waals surface area contributed by atoms with Gasteiger partial charge in [-0.05, 0) is 79.6 Å². The fourth-order valence-corrected chi connectivity index (χ4v) is 5.35. The van der Waals surface area contributed by atoms with Gasteiger partial charge in [0.05, 0.1) is 28.1 Å². The number of amides is 3. The predicted molar refractivity (Wildman–Crippen MR) is 180 cm³/mol. The second kappa shape index (κ2) is 15.2. The van der Waals surface area contributed by atoms with E-state index in [0.717, 1.165) is 10.5 Å². The number of rotatable bonds is 10. The zero-order chi connectivity index (χ0) is 31.8. The fourth-order valence-electron chi connectivity index (χ4n) is 3.97. The molecule has 4 aromatic rings. The number of thioether (sulfide) groups is 1. The fraction of sp³-hybridized carbons (Fsp3) is 0.121. The third kappa shape index (κ3) is 8.57. The summed E-state index contributed by atoms with van der Waals surface area (Å²) in [5.41, 5.74) is 2.64. The first-order chi connectivity index (χ1) is 21.0. The SMILES string of the molecule is COc1cc(Cl)c(C)cc1NC(=O)C(C)Sc1ccc(NC(=O)/C(=C/c2cccc(Cl)c2Cl)NC(=O)c2ccccc2)cc1. The molecule has 1 unspecified atom stereocenters. The molecule has 4 aromatic carbocycles. The van der Waals surface area contributed by atoms with E-state index in [9.17, 15) is 14.4 Å². The Hall–Kier alpha value is -3.95. The van der Waals surface area contributed by atoms with Crippen LogP contribution in [0.2, 0.25) is 15.1 Å². The van der Waals surface area contributed by atoms with Crippen LogP contribution in [0, 0.1) is 6.92 Å². The average molecular weight is 669 g/mol. The number of methoxy groups -OCH3 is 1. The molecule has 7 nitrogen and oxygen atoms in total. The second-order valence-electron chi connectivity index (χ2n) is 9.55. The summed E-state index contributed by atoms with van der Waals surface area (Å²) in [5, 5.41) is 9.04. The Labute approximate surface area is 274 Å². The Morgan fingerprint density at radius 3 is 2.25 bits per heavy atom. The van der Waals surface area contributed by atoms with Crippen molar-refractivity contribution in [3.8, 4) is 5.75 Å². The third-order valence-electron chi connectivity index (χ3n) is 6.34. The van der Waals surface area contributed by atoms with Crippen LogP contribution in [-0.2, 0) is 9.59 Å². The average Bonchev–Trinajstić information content (AvgIpc) is 3.01. The van der Waals surface area contributed by atoms with E-state index in [1.54, 1.807) is 91.9 Å². The molecule has 4 rings (SSSR count). The molecule has 3 amide bonds. The van der Waals surface area contributed by atoms with Crippen molar-refractivity contribution in [2.75, 3.05) is 17.7 Å². The topological polar surface area (TPSA) is 96.5 Å². The van der Waals surface area contributed by atoms with E-state index in [1.165, 1.54) is 24.9 Å². The highest BCUT2D eigenvalue weighted by atomic mass is 35.5. The van der Waals surface area contributed by atoms with Crippen LogP contribution >= 0.6 is 46.6 Å². The van der Waals surface area contributed by atoms with E-state index in [-0.39, 0.29) is 16.6 Å². The van der Waals surface area contributed by atoms with Gasteiger partial charge in [0.25, 0.3) is 11.8 Å². The summed E-state index contributed by atoms with van der Waals surface area (Å²) < 4.78 is 5.35. The van der Waals surface area contributed by atoms with Gasteiger partial charge in [-0.15, -0.1) is 11.8 Å². The highest BCUT2D eigenvalue weighted by Crippen LogP contribution is 2.33. The number of benzene rings is 4. The highest BCUT2D eigenvalue weighted by molar-refractivity contribution is 8.00. The van der Waals surface area contributed by atoms with Crippen molar-refractivity contribution in [1.29, 1.82) is 0 Å². The van der Waals surface area contributed by atoms with E-state index < -0.39 is 17.1 Å². The van der Waals surface area contributed by atoms with E-state index in [4.69, 9.17) is 39.5 Å². The van der Waals surface area contributed by atoms with Crippen LogP contribution in [-0.4, -0.2) is 30.1 Å². The third-order valence-corrected chi connectivity index (χ3v) is 8.70. The maximum absolute atomic E-state index is 13.4. The Bertz CT molecular complexity index is 1710. The lowest BCUT2D eigenvalue weighted by atomic mass is 10.1. The minimum atomic E-state index is -0.564. The van der Waals surface area contributed by atoms with Crippen LogP contribution in [0.25, 0.3) is 6.08 Å². The van der Waals surface area contributed by atoms with E-state index in [2.05, 4.69) is 16.0 Å². The molecule has 0 heterocycles. The van der Waals surface area contributed by atoms with Crippen molar-refractivity contribution in [3.05, 3.63) is 122 Å². The molecule has 44 heavy (non-hydrogen) atoms. The Kier molecular flexibility index (Phi) is 11.4. The van der Waals surface area contributed by atoms with Gasteiger partial charge in [0.2, 0.25) is 5.91 Å². The summed E-state index contributed by atoms with van der Waals surface area (Å²) in [5.74, 6) is -0.769. The molecule has 3 N–H and O–H groups in total. The number of nitrogens with one attached hydrogen (secondary N) is 3. The molecule has 0 spiro atoms. The van der Waals surface area contributed by atoms with E-state index in [0.29, 0.717) is 38.3 Å². The number of hydrogen-bond acceptors (Lipinski definition) is 5. The number of anilines is 2. The molecule has 0 aliphatic rings. The number of ether oxygens (including phenoxy) is 1. The van der Waals surface area contributed by atoms with Crippen LogP contribution in [0.1, 0.15) is 28.4 Å². The number of halogens is 3. The van der Waals surface area contributed by atoms with Gasteiger partial charge in [-0.2, -0.15) is 0 Å². The van der Waals surface area contributed by atoms with Crippen molar-refractivity contribution in [2.45, 2.75) is 24.0 Å². The molecule has 0 bridgehead atoms. The Morgan fingerprint density at radius 1 is 0.864 bits per heavy atom. The molecule has 226 valence electrons. The Morgan fingerprint density at radius 2 is 1.57 bits per heavy atom. The lowest BCUT2D eigenvalue weighted by molar-refractivity contribution is -0.115. The Balaban J connectivity index is 1.46. The van der Waals surface area contributed by atoms with Crippen molar-refractivity contribution >= 4 is 81.7 Å². The molecule has 0 aliphatic heterocycles. The predicted octanol–water partition coefficient (Wildman–Crippen LogP) is 8.49. The molecule has 1 atom stereocenters. The lowest BCUT2D eigenvalue weighted by Gasteiger charge is -2.16. The van der Waals surface area contributed by atoms with Crippen LogP contribution in [0.15, 0.2) is 95.5 Å². The quantitative estimate of drug-likeness (QED) is 0.116.